The summed E-state index contributed by atoms with van der Waals surface area (Å²) in [5.41, 5.74) is 0.969. The van der Waals surface area contributed by atoms with E-state index in [0.717, 1.165) is 80.0 Å². The summed E-state index contributed by atoms with van der Waals surface area (Å²) in [6.07, 6.45) is 15.7. The number of allylic oxidation sites excluding steroid dienone is 1. The second kappa shape index (κ2) is 12.8. The SMILES string of the molecule is COC(=O)[C@@H]1C[C@@H]2CN1C(=O)[C@H](C1CCCCC1)NCCCCC/C=C/c1cc3c(nccc3cc1OC)O2. The molecule has 5 rings (SSSR count). The van der Waals surface area contributed by atoms with Crippen molar-refractivity contribution in [3.63, 3.8) is 0 Å². The van der Waals surface area contributed by atoms with Crippen molar-refractivity contribution in [3.8, 4) is 11.6 Å². The van der Waals surface area contributed by atoms with Crippen molar-refractivity contribution in [2.24, 2.45) is 5.92 Å². The van der Waals surface area contributed by atoms with Crippen molar-refractivity contribution < 1.29 is 23.8 Å². The molecule has 8 heteroatoms. The molecule has 2 aliphatic heterocycles. The fraction of sp³-hybridized carbons (Fsp3) is 0.581. The minimum Gasteiger partial charge on any atom is -0.496 e. The molecule has 3 aliphatic rings. The molecule has 3 heterocycles. The average Bonchev–Trinajstić information content (AvgIpc) is 3.39. The quantitative estimate of drug-likeness (QED) is 0.560. The van der Waals surface area contributed by atoms with E-state index in [2.05, 4.69) is 28.5 Å². The minimum absolute atomic E-state index is 0.00893. The molecule has 4 bridgehead atoms. The molecule has 2 aromatic rings. The van der Waals surface area contributed by atoms with Crippen LogP contribution in [0, 0.1) is 5.92 Å². The van der Waals surface area contributed by atoms with Crippen LogP contribution in [0.4, 0.5) is 0 Å². The lowest BCUT2D eigenvalue weighted by atomic mass is 9.83. The van der Waals surface area contributed by atoms with Gasteiger partial charge in [0.2, 0.25) is 11.8 Å². The summed E-state index contributed by atoms with van der Waals surface area (Å²) in [7, 11) is 3.06. The molecule has 3 atom stereocenters. The summed E-state index contributed by atoms with van der Waals surface area (Å²) in [6, 6.07) is 5.03. The van der Waals surface area contributed by atoms with E-state index in [1.807, 2.05) is 12.1 Å². The van der Waals surface area contributed by atoms with Gasteiger partial charge < -0.3 is 24.4 Å². The van der Waals surface area contributed by atoms with Gasteiger partial charge in [0.25, 0.3) is 0 Å². The van der Waals surface area contributed by atoms with E-state index in [1.54, 1.807) is 18.2 Å². The number of fused-ring (bicyclic) bond motifs is 3. The molecular weight excluding hydrogens is 494 g/mol. The number of esters is 1. The number of nitrogens with zero attached hydrogens (tertiary/aromatic N) is 2. The molecule has 1 aromatic carbocycles. The lowest BCUT2D eigenvalue weighted by Crippen LogP contribution is -2.54. The number of hydrogen-bond donors (Lipinski definition) is 1. The van der Waals surface area contributed by atoms with Gasteiger partial charge in [0, 0.05) is 23.6 Å². The van der Waals surface area contributed by atoms with Gasteiger partial charge in [-0.1, -0.05) is 37.8 Å². The zero-order chi connectivity index (χ0) is 27.2. The molecule has 1 N–H and O–H groups in total. The molecule has 210 valence electrons. The summed E-state index contributed by atoms with van der Waals surface area (Å²) in [6.45, 7) is 1.11. The van der Waals surface area contributed by atoms with E-state index >= 15 is 0 Å². The zero-order valence-electron chi connectivity index (χ0n) is 23.2. The molecule has 1 saturated heterocycles. The third-order valence-electron chi connectivity index (χ3n) is 8.47. The first-order valence-corrected chi connectivity index (χ1v) is 14.5. The number of methoxy groups -OCH3 is 2. The standard InChI is InChI=1S/C31H41N3O5/c1-37-27-18-22-14-16-33-29-25(22)17-23(27)13-7-4-3-5-10-15-32-28(21-11-8-6-9-12-21)30(35)34-20-24(39-29)19-26(34)31(36)38-2/h7,13-14,16-18,21,24,26,28,32H,3-6,8-12,15,19-20H2,1-2H3/b13-7+/t24-,26+,28+/m1/s1. The highest BCUT2D eigenvalue weighted by Gasteiger charge is 2.45. The van der Waals surface area contributed by atoms with Crippen molar-refractivity contribution >= 4 is 28.7 Å². The molecule has 0 spiro atoms. The Morgan fingerprint density at radius 2 is 1.92 bits per heavy atom. The maximum atomic E-state index is 14.1. The van der Waals surface area contributed by atoms with Crippen molar-refractivity contribution in [2.45, 2.75) is 82.4 Å². The summed E-state index contributed by atoms with van der Waals surface area (Å²) < 4.78 is 17.3. The van der Waals surface area contributed by atoms with Crippen LogP contribution >= 0.6 is 0 Å². The largest absolute Gasteiger partial charge is 0.496 e. The second-order valence-electron chi connectivity index (χ2n) is 11.0. The zero-order valence-corrected chi connectivity index (χ0v) is 23.2. The summed E-state index contributed by atoms with van der Waals surface area (Å²) in [5, 5.41) is 5.44. The topological polar surface area (TPSA) is 90.0 Å². The summed E-state index contributed by atoms with van der Waals surface area (Å²) in [4.78, 5) is 33.2. The molecule has 1 amide bonds. The predicted molar refractivity (Wildman–Crippen MR) is 151 cm³/mol. The molecule has 2 fully saturated rings. The van der Waals surface area contributed by atoms with Crippen LogP contribution in [-0.2, 0) is 14.3 Å². The average molecular weight is 536 g/mol. The van der Waals surface area contributed by atoms with E-state index in [4.69, 9.17) is 14.2 Å². The molecule has 0 radical (unpaired) electrons. The van der Waals surface area contributed by atoms with E-state index in [-0.39, 0.29) is 24.0 Å². The fourth-order valence-corrected chi connectivity index (χ4v) is 6.37. The number of pyridine rings is 1. The number of hydrogen-bond acceptors (Lipinski definition) is 7. The van der Waals surface area contributed by atoms with Gasteiger partial charge in [0.15, 0.2) is 0 Å². The molecule has 1 aromatic heterocycles. The lowest BCUT2D eigenvalue weighted by Gasteiger charge is -2.34. The van der Waals surface area contributed by atoms with Crippen LogP contribution in [-0.4, -0.2) is 67.3 Å². The molecular formula is C31H41N3O5. The van der Waals surface area contributed by atoms with E-state index < -0.39 is 12.0 Å². The van der Waals surface area contributed by atoms with Crippen molar-refractivity contribution in [2.75, 3.05) is 27.3 Å². The maximum Gasteiger partial charge on any atom is 0.328 e. The van der Waals surface area contributed by atoms with Crippen molar-refractivity contribution in [1.82, 2.24) is 15.2 Å². The molecule has 0 unspecified atom stereocenters. The van der Waals surface area contributed by atoms with Gasteiger partial charge in [0.05, 0.1) is 26.8 Å². The highest BCUT2D eigenvalue weighted by atomic mass is 16.5. The van der Waals surface area contributed by atoms with Gasteiger partial charge in [-0.25, -0.2) is 9.78 Å². The molecule has 39 heavy (non-hydrogen) atoms. The highest BCUT2D eigenvalue weighted by Crippen LogP contribution is 2.34. The monoisotopic (exact) mass is 535 g/mol. The van der Waals surface area contributed by atoms with Crippen LogP contribution < -0.4 is 14.8 Å². The van der Waals surface area contributed by atoms with E-state index in [9.17, 15) is 9.59 Å². The maximum absolute atomic E-state index is 14.1. The Morgan fingerprint density at radius 1 is 1.10 bits per heavy atom. The minimum atomic E-state index is -0.670. The number of nitrogens with one attached hydrogen (secondary N) is 1. The van der Waals surface area contributed by atoms with Crippen LogP contribution in [0.25, 0.3) is 16.8 Å². The number of amides is 1. The van der Waals surface area contributed by atoms with Crippen molar-refractivity contribution in [1.29, 1.82) is 0 Å². The number of carbonyl (C=O) groups is 2. The van der Waals surface area contributed by atoms with Gasteiger partial charge in [-0.15, -0.1) is 0 Å². The number of benzene rings is 1. The Morgan fingerprint density at radius 3 is 2.72 bits per heavy atom. The Bertz CT molecular complexity index is 1190. The first kappa shape index (κ1) is 27.4. The molecule has 1 aliphatic carbocycles. The van der Waals surface area contributed by atoms with Crippen LogP contribution in [0.15, 0.2) is 30.5 Å². The Hall–Kier alpha value is -3.13. The normalized spacial score (nSPS) is 26.1. The van der Waals surface area contributed by atoms with Gasteiger partial charge in [0.1, 0.15) is 17.9 Å². The number of rotatable bonds is 3. The van der Waals surface area contributed by atoms with E-state index in [0.29, 0.717) is 18.8 Å². The second-order valence-corrected chi connectivity index (χ2v) is 11.0. The lowest BCUT2D eigenvalue weighted by molar-refractivity contribution is -0.152. The van der Waals surface area contributed by atoms with Crippen LogP contribution in [0.5, 0.6) is 11.6 Å². The third kappa shape index (κ3) is 6.21. The summed E-state index contributed by atoms with van der Waals surface area (Å²) in [5.74, 6) is 1.17. The highest BCUT2D eigenvalue weighted by molar-refractivity contribution is 5.91. The smallest absolute Gasteiger partial charge is 0.328 e. The molecule has 8 nitrogen and oxygen atoms in total. The van der Waals surface area contributed by atoms with Gasteiger partial charge in [-0.3, -0.25) is 4.79 Å². The number of aromatic nitrogens is 1. The third-order valence-corrected chi connectivity index (χ3v) is 8.47. The number of ether oxygens (including phenoxy) is 3. The van der Waals surface area contributed by atoms with Crippen molar-refractivity contribution in [3.05, 3.63) is 36.0 Å². The van der Waals surface area contributed by atoms with Gasteiger partial charge in [-0.05, 0) is 68.2 Å². The number of carbonyl (C=O) groups excluding carboxylic acids is 2. The Balaban J connectivity index is 1.49. The Kier molecular flexibility index (Phi) is 9.02. The van der Waals surface area contributed by atoms with Crippen LogP contribution in [0.2, 0.25) is 0 Å². The van der Waals surface area contributed by atoms with Gasteiger partial charge >= 0.3 is 5.97 Å². The van der Waals surface area contributed by atoms with E-state index in [1.165, 1.54) is 13.5 Å². The van der Waals surface area contributed by atoms with Crippen LogP contribution in [0.1, 0.15) is 69.8 Å². The van der Waals surface area contributed by atoms with Crippen LogP contribution in [0.3, 0.4) is 0 Å². The predicted octanol–water partition coefficient (Wildman–Crippen LogP) is 4.89. The fourth-order valence-electron chi connectivity index (χ4n) is 6.37. The first-order chi connectivity index (χ1) is 19.1. The van der Waals surface area contributed by atoms with Gasteiger partial charge in [-0.2, -0.15) is 0 Å². The molecule has 1 saturated carbocycles. The Labute approximate surface area is 231 Å². The summed E-state index contributed by atoms with van der Waals surface area (Å²) >= 11 is 0. The first-order valence-electron chi connectivity index (χ1n) is 14.5.